The van der Waals surface area contributed by atoms with Crippen LogP contribution in [-0.2, 0) is 0 Å². The van der Waals surface area contributed by atoms with E-state index in [-0.39, 0.29) is 34.7 Å². The third kappa shape index (κ3) is 15.3. The maximum Gasteiger partial charge on any atom is 0.282 e. The van der Waals surface area contributed by atoms with Crippen molar-refractivity contribution in [3.8, 4) is 0 Å². The van der Waals surface area contributed by atoms with Crippen molar-refractivity contribution in [1.29, 1.82) is 0 Å². The average Bonchev–Trinajstić information content (AvgIpc) is 3.83. The maximum absolute atomic E-state index is 12.3. The first-order valence-electron chi connectivity index (χ1n) is 21.3. The molecular formula is C52H46N12O6S. The van der Waals surface area contributed by atoms with Crippen LogP contribution in [0.4, 0.5) is 51.2 Å². The van der Waals surface area contributed by atoms with Crippen LogP contribution >= 0.6 is 11.3 Å². The number of para-hydroxylation sites is 2. The third-order valence-electron chi connectivity index (χ3n) is 9.66. The zero-order chi connectivity index (χ0) is 50.7. The number of thiophene rings is 1. The summed E-state index contributed by atoms with van der Waals surface area (Å²) in [7, 11) is 0. The van der Waals surface area contributed by atoms with Crippen LogP contribution in [0.5, 0.6) is 0 Å². The average molecular weight is 967 g/mol. The van der Waals surface area contributed by atoms with Gasteiger partial charge < -0.3 is 44.2 Å². The Bertz CT molecular complexity index is 3240. The lowest BCUT2D eigenvalue weighted by Gasteiger charge is -2.07. The zero-order valence-electron chi connectivity index (χ0n) is 37.9. The first-order valence-corrected chi connectivity index (χ1v) is 22.1. The SMILES string of the molecule is Cc1ccc(C(=O)Nc2ccc(N)cc2)s1.Nc1ccc(NC(=O)c2cccc3cccnc23)cc1.Nc1ccc(NC(=O)c2ccccc2[N+](=O)[O-])cc1.Nc1ccc(NC(=O)c2cnccn2)cc1. The number of aromatic nitrogens is 3. The molecule has 0 saturated heterocycles. The summed E-state index contributed by atoms with van der Waals surface area (Å²) in [6, 6.07) is 46.4. The number of aryl methyl sites for hydroxylation is 1. The molecule has 12 N–H and O–H groups in total. The molecule has 356 valence electrons. The van der Waals surface area contributed by atoms with Crippen LogP contribution in [-0.4, -0.2) is 43.5 Å². The molecule has 0 saturated carbocycles. The maximum atomic E-state index is 12.3. The molecule has 3 heterocycles. The van der Waals surface area contributed by atoms with E-state index in [1.807, 2.05) is 43.3 Å². The van der Waals surface area contributed by atoms with E-state index in [0.29, 0.717) is 55.8 Å². The van der Waals surface area contributed by atoms with Crippen molar-refractivity contribution in [2.45, 2.75) is 6.92 Å². The molecule has 0 spiro atoms. The Morgan fingerprint density at radius 1 is 0.493 bits per heavy atom. The number of benzene rings is 6. The quantitative estimate of drug-likeness (QED) is 0.0380. The number of nitrogens with zero attached hydrogens (tertiary/aromatic N) is 4. The van der Waals surface area contributed by atoms with Crippen LogP contribution in [0.1, 0.15) is 45.8 Å². The number of fused-ring (bicyclic) bond motifs is 1. The highest BCUT2D eigenvalue weighted by Crippen LogP contribution is 2.22. The van der Waals surface area contributed by atoms with Gasteiger partial charge in [0.25, 0.3) is 29.3 Å². The van der Waals surface area contributed by atoms with Crippen molar-refractivity contribution in [2.24, 2.45) is 0 Å². The van der Waals surface area contributed by atoms with E-state index >= 15 is 0 Å². The Labute approximate surface area is 411 Å². The van der Waals surface area contributed by atoms with Crippen LogP contribution in [0.25, 0.3) is 10.9 Å². The fourth-order valence-corrected chi connectivity index (χ4v) is 6.90. The van der Waals surface area contributed by atoms with Crippen molar-refractivity contribution < 1.29 is 24.1 Å². The summed E-state index contributed by atoms with van der Waals surface area (Å²) in [4.78, 5) is 71.8. The third-order valence-corrected chi connectivity index (χ3v) is 10.7. The molecule has 9 aromatic rings. The molecule has 0 fully saturated rings. The van der Waals surface area contributed by atoms with Crippen molar-refractivity contribution in [1.82, 2.24) is 15.0 Å². The lowest BCUT2D eigenvalue weighted by molar-refractivity contribution is -0.385. The molecule has 0 aliphatic carbocycles. The van der Waals surface area contributed by atoms with Crippen molar-refractivity contribution in [3.63, 3.8) is 0 Å². The van der Waals surface area contributed by atoms with Gasteiger partial charge in [-0.25, -0.2) is 4.98 Å². The summed E-state index contributed by atoms with van der Waals surface area (Å²) in [6.07, 6.45) is 6.08. The van der Waals surface area contributed by atoms with Gasteiger partial charge in [-0.2, -0.15) is 0 Å². The summed E-state index contributed by atoms with van der Waals surface area (Å²) >= 11 is 1.48. The Hall–Kier alpha value is -10.0. The standard InChI is InChI=1S/C16H13N3O.C13H11N3O3.C12H12N2OS.C11H10N4O/c17-12-6-8-13(9-7-12)19-16(20)14-5-1-3-11-4-2-10-18-15(11)14;14-9-5-7-10(8-6-9)15-13(17)11-3-1-2-4-12(11)16(18)19;1-8-2-7-11(16-8)12(15)14-10-5-3-9(13)4-6-10;12-8-1-3-9(4-2-8)15-11(16)10-7-13-5-6-14-10/h1-10H,17H2,(H,19,20);1-8H,14H2,(H,15,17);2-7H,13H2,1H3,(H,14,15);1-7H,12H2,(H,15,16). The van der Waals surface area contributed by atoms with Crippen molar-refractivity contribution in [2.75, 3.05) is 44.2 Å². The molecule has 4 amide bonds. The summed E-state index contributed by atoms with van der Waals surface area (Å²) < 4.78 is 0. The van der Waals surface area contributed by atoms with Crippen LogP contribution in [0.3, 0.4) is 0 Å². The predicted octanol–water partition coefficient (Wildman–Crippen LogP) is 9.70. The Kier molecular flexibility index (Phi) is 17.5. The smallest absolute Gasteiger partial charge is 0.282 e. The summed E-state index contributed by atoms with van der Waals surface area (Å²) in [5.41, 5.74) is 28.8. The van der Waals surface area contributed by atoms with E-state index in [1.54, 1.807) is 115 Å². The molecule has 18 nitrogen and oxygen atoms in total. The number of nitrogens with one attached hydrogen (secondary N) is 4. The number of pyridine rings is 1. The van der Waals surface area contributed by atoms with Gasteiger partial charge in [0, 0.05) is 80.4 Å². The van der Waals surface area contributed by atoms with Gasteiger partial charge in [-0.1, -0.05) is 30.3 Å². The van der Waals surface area contributed by atoms with Crippen LogP contribution in [0.2, 0.25) is 0 Å². The minimum absolute atomic E-state index is 0.0179. The van der Waals surface area contributed by atoms with E-state index in [4.69, 9.17) is 22.9 Å². The number of nitro benzene ring substituents is 1. The Morgan fingerprint density at radius 3 is 1.44 bits per heavy atom. The number of hydrogen-bond acceptors (Lipinski definition) is 14. The lowest BCUT2D eigenvalue weighted by Crippen LogP contribution is -2.13. The van der Waals surface area contributed by atoms with Crippen molar-refractivity contribution >= 4 is 97.1 Å². The van der Waals surface area contributed by atoms with Gasteiger partial charge in [-0.05, 0) is 134 Å². The highest BCUT2D eigenvalue weighted by Gasteiger charge is 2.19. The van der Waals surface area contributed by atoms with E-state index < -0.39 is 10.8 Å². The van der Waals surface area contributed by atoms with Crippen LogP contribution < -0.4 is 44.2 Å². The summed E-state index contributed by atoms with van der Waals surface area (Å²) in [6.45, 7) is 1.98. The molecule has 71 heavy (non-hydrogen) atoms. The highest BCUT2D eigenvalue weighted by molar-refractivity contribution is 7.14. The van der Waals surface area contributed by atoms with E-state index in [0.717, 1.165) is 16.0 Å². The number of hydrogen-bond donors (Lipinski definition) is 8. The van der Waals surface area contributed by atoms with Crippen LogP contribution in [0, 0.1) is 17.0 Å². The number of carbonyl (C=O) groups excluding carboxylic acids is 4. The number of nitrogen functional groups attached to an aromatic ring is 4. The number of anilines is 8. The number of nitro groups is 1. The van der Waals surface area contributed by atoms with Crippen molar-refractivity contribution in [3.05, 3.63) is 225 Å². The lowest BCUT2D eigenvalue weighted by atomic mass is 10.1. The second-order valence-corrected chi connectivity index (χ2v) is 16.2. The molecule has 19 heteroatoms. The van der Waals surface area contributed by atoms with E-state index in [9.17, 15) is 29.3 Å². The largest absolute Gasteiger partial charge is 0.399 e. The van der Waals surface area contributed by atoms with E-state index in [2.05, 4.69) is 36.2 Å². The fourth-order valence-electron chi connectivity index (χ4n) is 6.14. The number of rotatable bonds is 9. The van der Waals surface area contributed by atoms with Gasteiger partial charge in [-0.15, -0.1) is 11.3 Å². The highest BCUT2D eigenvalue weighted by atomic mass is 32.1. The number of amides is 4. The molecule has 0 aliphatic rings. The molecular weight excluding hydrogens is 921 g/mol. The Morgan fingerprint density at radius 2 is 0.958 bits per heavy atom. The van der Waals surface area contributed by atoms with Gasteiger partial charge in [0.05, 0.1) is 27.1 Å². The molecule has 0 atom stereocenters. The van der Waals surface area contributed by atoms with Gasteiger partial charge >= 0.3 is 0 Å². The van der Waals surface area contributed by atoms with Gasteiger partial charge in [0.2, 0.25) is 0 Å². The fraction of sp³-hybridized carbons (Fsp3) is 0.0192. The minimum atomic E-state index is -0.585. The van der Waals surface area contributed by atoms with Gasteiger partial charge in [0.15, 0.2) is 0 Å². The normalized spacial score (nSPS) is 10.0. The second kappa shape index (κ2) is 24.7. The number of nitrogens with two attached hydrogens (primary N) is 4. The molecule has 9 rings (SSSR count). The molecule has 0 radical (unpaired) electrons. The first-order chi connectivity index (χ1) is 34.2. The topological polar surface area (TPSA) is 302 Å². The predicted molar refractivity (Wildman–Crippen MR) is 281 cm³/mol. The van der Waals surface area contributed by atoms with E-state index in [1.165, 1.54) is 48.1 Å². The second-order valence-electron chi connectivity index (χ2n) is 15.0. The van der Waals surface area contributed by atoms with Gasteiger partial charge in [0.1, 0.15) is 11.3 Å². The summed E-state index contributed by atoms with van der Waals surface area (Å²) in [5, 5.41) is 22.7. The summed E-state index contributed by atoms with van der Waals surface area (Å²) in [5.74, 6) is -1.09. The van der Waals surface area contributed by atoms with Crippen LogP contribution in [0.15, 0.2) is 189 Å². The minimum Gasteiger partial charge on any atom is -0.399 e. The zero-order valence-corrected chi connectivity index (χ0v) is 38.7. The Balaban J connectivity index is 0.000000156. The first kappa shape index (κ1) is 50.4. The monoisotopic (exact) mass is 966 g/mol. The molecule has 3 aromatic heterocycles. The molecule has 0 aliphatic heterocycles. The molecule has 0 bridgehead atoms. The number of carbonyl (C=O) groups is 4. The van der Waals surface area contributed by atoms with Gasteiger partial charge in [-0.3, -0.25) is 39.3 Å². The molecule has 6 aromatic carbocycles. The molecule has 0 unspecified atom stereocenters.